The Hall–Kier alpha value is 0.250. The Labute approximate surface area is 68.8 Å². The number of hydrogen-bond donors (Lipinski definition) is 1. The maximum Gasteiger partial charge on any atom is -0.00745 e. The second kappa shape index (κ2) is 3.10. The molecule has 10 heavy (non-hydrogen) atoms. The first-order valence-electron chi connectivity index (χ1n) is 4.10. The van der Waals surface area contributed by atoms with Gasteiger partial charge in [0.2, 0.25) is 0 Å². The largest absolute Gasteiger partial charge is 0.330 e. The molecule has 0 heterocycles. The third-order valence-corrected chi connectivity index (χ3v) is 3.11. The van der Waals surface area contributed by atoms with Crippen molar-refractivity contribution in [1.82, 2.24) is 0 Å². The van der Waals surface area contributed by atoms with Crippen LogP contribution in [0, 0.1) is 17.8 Å². The molecule has 3 rings (SSSR count). The maximum absolute atomic E-state index is 5.49. The van der Waals surface area contributed by atoms with E-state index < -0.39 is 0 Å². The van der Waals surface area contributed by atoms with Gasteiger partial charge in [-0.2, -0.15) is 0 Å². The molecular weight excluding hydrogens is 146 g/mol. The molecule has 0 aromatic heterocycles. The minimum Gasteiger partial charge on any atom is -0.330 e. The van der Waals surface area contributed by atoms with Crippen LogP contribution >= 0.6 is 12.4 Å². The van der Waals surface area contributed by atoms with Crippen LogP contribution in [0.5, 0.6) is 0 Å². The van der Waals surface area contributed by atoms with Crippen LogP contribution in [-0.2, 0) is 0 Å². The topological polar surface area (TPSA) is 26.0 Å². The van der Waals surface area contributed by atoms with Gasteiger partial charge in [0.05, 0.1) is 0 Å². The molecule has 0 aliphatic heterocycles. The van der Waals surface area contributed by atoms with Gasteiger partial charge in [-0.3, -0.25) is 0 Å². The molecule has 0 radical (unpaired) electrons. The molecule has 0 aromatic carbocycles. The van der Waals surface area contributed by atoms with E-state index in [-0.39, 0.29) is 12.4 Å². The number of nitrogens with two attached hydrogens (primary N) is 1. The normalized spacial score (nSPS) is 42.3. The van der Waals surface area contributed by atoms with Gasteiger partial charge in [0.15, 0.2) is 0 Å². The zero-order valence-electron chi connectivity index (χ0n) is 6.25. The van der Waals surface area contributed by atoms with Crippen molar-refractivity contribution in [3.8, 4) is 0 Å². The molecule has 1 atom stereocenters. The number of fused-ring (bicyclic) bond motifs is 1. The van der Waals surface area contributed by atoms with Crippen molar-refractivity contribution in [2.75, 3.05) is 6.54 Å². The first-order valence-corrected chi connectivity index (χ1v) is 4.10. The van der Waals surface area contributed by atoms with Crippen LogP contribution in [-0.4, -0.2) is 6.54 Å². The van der Waals surface area contributed by atoms with E-state index in [1.165, 1.54) is 25.7 Å². The van der Waals surface area contributed by atoms with Gasteiger partial charge in [-0.25, -0.2) is 0 Å². The number of halogens is 1. The van der Waals surface area contributed by atoms with Gasteiger partial charge in [-0.05, 0) is 50.0 Å². The Balaban J connectivity index is 0.000000500. The molecule has 60 valence electrons. The highest BCUT2D eigenvalue weighted by Gasteiger charge is 2.43. The zero-order valence-corrected chi connectivity index (χ0v) is 7.07. The minimum absolute atomic E-state index is 0. The van der Waals surface area contributed by atoms with E-state index in [1.807, 2.05) is 0 Å². The molecule has 2 heteroatoms. The van der Waals surface area contributed by atoms with Gasteiger partial charge in [-0.15, -0.1) is 12.4 Å². The van der Waals surface area contributed by atoms with Crippen molar-refractivity contribution in [3.05, 3.63) is 0 Å². The summed E-state index contributed by atoms with van der Waals surface area (Å²) < 4.78 is 0. The molecule has 2 N–H and O–H groups in total. The third-order valence-electron chi connectivity index (χ3n) is 3.11. The Morgan fingerprint density at radius 2 is 1.90 bits per heavy atom. The fourth-order valence-corrected chi connectivity index (χ4v) is 2.55. The first kappa shape index (κ1) is 8.35. The molecule has 0 spiro atoms. The molecule has 1 nitrogen and oxygen atoms in total. The highest BCUT2D eigenvalue weighted by molar-refractivity contribution is 5.85. The van der Waals surface area contributed by atoms with Crippen LogP contribution in [0.25, 0.3) is 0 Å². The quantitative estimate of drug-likeness (QED) is 0.657. The fourth-order valence-electron chi connectivity index (χ4n) is 2.55. The second-order valence-corrected chi connectivity index (χ2v) is 3.67. The van der Waals surface area contributed by atoms with Gasteiger partial charge in [0.25, 0.3) is 0 Å². The second-order valence-electron chi connectivity index (χ2n) is 3.67. The highest BCUT2D eigenvalue weighted by atomic mass is 35.5. The summed E-state index contributed by atoms with van der Waals surface area (Å²) in [5, 5.41) is 0. The number of hydrogen-bond acceptors (Lipinski definition) is 1. The molecule has 3 aliphatic rings. The smallest absolute Gasteiger partial charge is 0.00745 e. The summed E-state index contributed by atoms with van der Waals surface area (Å²) in [5.41, 5.74) is 5.49. The van der Waals surface area contributed by atoms with Crippen LogP contribution in [0.4, 0.5) is 0 Å². The van der Waals surface area contributed by atoms with Crippen molar-refractivity contribution in [1.29, 1.82) is 0 Å². The summed E-state index contributed by atoms with van der Waals surface area (Å²) in [7, 11) is 0. The summed E-state index contributed by atoms with van der Waals surface area (Å²) in [4.78, 5) is 0. The van der Waals surface area contributed by atoms with Gasteiger partial charge >= 0.3 is 0 Å². The van der Waals surface area contributed by atoms with E-state index in [0.717, 1.165) is 24.3 Å². The minimum atomic E-state index is 0. The highest BCUT2D eigenvalue weighted by Crippen LogP contribution is 2.53. The molecule has 3 aliphatic carbocycles. The molecular formula is C8H16ClN. The van der Waals surface area contributed by atoms with Gasteiger partial charge in [0.1, 0.15) is 0 Å². The van der Waals surface area contributed by atoms with E-state index in [2.05, 4.69) is 0 Å². The fraction of sp³-hybridized carbons (Fsp3) is 1.00. The van der Waals surface area contributed by atoms with Gasteiger partial charge in [0, 0.05) is 0 Å². The summed E-state index contributed by atoms with van der Waals surface area (Å²) in [6.07, 6.45) is 5.86. The summed E-state index contributed by atoms with van der Waals surface area (Å²) in [5.74, 6) is 3.24. The molecule has 0 amide bonds. The zero-order chi connectivity index (χ0) is 6.27. The predicted molar refractivity (Wildman–Crippen MR) is 45.2 cm³/mol. The van der Waals surface area contributed by atoms with E-state index in [4.69, 9.17) is 5.73 Å². The Kier molecular flexibility index (Phi) is 2.59. The predicted octanol–water partition coefficient (Wildman–Crippen LogP) is 1.80. The SMILES string of the molecule is Cl.NCCC1CC2CC1C2. The van der Waals surface area contributed by atoms with Crippen LogP contribution < -0.4 is 5.73 Å². The van der Waals surface area contributed by atoms with Crippen molar-refractivity contribution < 1.29 is 0 Å². The Morgan fingerprint density at radius 1 is 1.20 bits per heavy atom. The summed E-state index contributed by atoms with van der Waals surface area (Å²) in [6.45, 7) is 0.911. The van der Waals surface area contributed by atoms with Crippen molar-refractivity contribution in [2.45, 2.75) is 25.7 Å². The van der Waals surface area contributed by atoms with Crippen molar-refractivity contribution in [3.63, 3.8) is 0 Å². The van der Waals surface area contributed by atoms with Gasteiger partial charge in [-0.1, -0.05) is 0 Å². The molecule has 2 bridgehead atoms. The van der Waals surface area contributed by atoms with Crippen LogP contribution in [0.15, 0.2) is 0 Å². The molecule has 3 saturated carbocycles. The molecule has 3 fully saturated rings. The lowest BCUT2D eigenvalue weighted by Crippen LogP contribution is -2.16. The maximum atomic E-state index is 5.49. The van der Waals surface area contributed by atoms with Crippen molar-refractivity contribution >= 4 is 12.4 Å². The average Bonchev–Trinajstić information content (AvgIpc) is 2.20. The van der Waals surface area contributed by atoms with Gasteiger partial charge < -0.3 is 5.73 Å². The lowest BCUT2D eigenvalue weighted by molar-refractivity contribution is 0.270. The number of rotatable bonds is 2. The summed E-state index contributed by atoms with van der Waals surface area (Å²) in [6, 6.07) is 0. The standard InChI is InChI=1S/C8H15N.ClH/c9-2-1-7-3-6-4-8(7)5-6;/h6-8H,1-5,9H2;1H. The van der Waals surface area contributed by atoms with Crippen molar-refractivity contribution in [2.24, 2.45) is 23.5 Å². The molecule has 0 aromatic rings. The van der Waals surface area contributed by atoms with E-state index in [0.29, 0.717) is 0 Å². The molecule has 0 saturated heterocycles. The Morgan fingerprint density at radius 3 is 2.30 bits per heavy atom. The lowest BCUT2D eigenvalue weighted by atomic mass is 9.82. The lowest BCUT2D eigenvalue weighted by Gasteiger charge is -2.24. The molecule has 1 unspecified atom stereocenters. The average molecular weight is 162 g/mol. The monoisotopic (exact) mass is 161 g/mol. The van der Waals surface area contributed by atoms with E-state index in [1.54, 1.807) is 0 Å². The van der Waals surface area contributed by atoms with E-state index >= 15 is 0 Å². The van der Waals surface area contributed by atoms with Crippen LogP contribution in [0.2, 0.25) is 0 Å². The van der Waals surface area contributed by atoms with Crippen LogP contribution in [0.3, 0.4) is 0 Å². The third kappa shape index (κ3) is 1.17. The first-order chi connectivity index (χ1) is 4.40. The van der Waals surface area contributed by atoms with E-state index in [9.17, 15) is 0 Å². The van der Waals surface area contributed by atoms with Crippen LogP contribution in [0.1, 0.15) is 25.7 Å². The Bertz CT molecular complexity index is 110. The summed E-state index contributed by atoms with van der Waals surface area (Å²) >= 11 is 0.